The highest BCUT2D eigenvalue weighted by Gasteiger charge is 2.08. The van der Waals surface area contributed by atoms with Crippen molar-refractivity contribution in [2.24, 2.45) is 0 Å². The molecule has 1 heterocycles. The summed E-state index contributed by atoms with van der Waals surface area (Å²) in [5.41, 5.74) is 1.07. The number of nitrogens with zero attached hydrogens (tertiary/aromatic N) is 2. The highest BCUT2D eigenvalue weighted by Crippen LogP contribution is 2.05. The Balaban J connectivity index is 2.09. The standard InChI is InChI=1S/C18H23N3O2/c1-3-20(4-2)13-12-19-18(23)15-10-11-17(22)21(14-15)16-8-6-5-7-9-16/h5-11,14H,3-4,12-13H2,1-2H3,(H,19,23). The minimum atomic E-state index is -0.165. The topological polar surface area (TPSA) is 54.3 Å². The summed E-state index contributed by atoms with van der Waals surface area (Å²) in [6, 6.07) is 12.3. The maximum Gasteiger partial charge on any atom is 0.255 e. The molecule has 23 heavy (non-hydrogen) atoms. The number of likely N-dealkylation sites (N-methyl/N-ethyl adjacent to an activating group) is 1. The average molecular weight is 313 g/mol. The molecule has 1 aromatic carbocycles. The van der Waals surface area contributed by atoms with E-state index >= 15 is 0 Å². The van der Waals surface area contributed by atoms with Crippen LogP contribution in [0, 0.1) is 0 Å². The fourth-order valence-corrected chi connectivity index (χ4v) is 2.38. The SMILES string of the molecule is CCN(CC)CCNC(=O)c1ccc(=O)n(-c2ccccc2)c1. The molecular formula is C18H23N3O2. The second-order valence-corrected chi connectivity index (χ2v) is 5.24. The molecule has 1 amide bonds. The number of benzene rings is 1. The van der Waals surface area contributed by atoms with Crippen LogP contribution in [0.15, 0.2) is 53.5 Å². The van der Waals surface area contributed by atoms with Crippen LogP contribution >= 0.6 is 0 Å². The van der Waals surface area contributed by atoms with Crippen LogP contribution in [0.2, 0.25) is 0 Å². The number of hydrogen-bond acceptors (Lipinski definition) is 3. The van der Waals surface area contributed by atoms with E-state index in [1.807, 2.05) is 30.3 Å². The van der Waals surface area contributed by atoms with Gasteiger partial charge >= 0.3 is 0 Å². The summed E-state index contributed by atoms with van der Waals surface area (Å²) in [6.07, 6.45) is 1.59. The van der Waals surface area contributed by atoms with Crippen molar-refractivity contribution < 1.29 is 4.79 Å². The molecule has 2 rings (SSSR count). The van der Waals surface area contributed by atoms with Crippen LogP contribution in [0.4, 0.5) is 0 Å². The summed E-state index contributed by atoms with van der Waals surface area (Å²) in [4.78, 5) is 26.5. The molecule has 0 saturated carbocycles. The zero-order chi connectivity index (χ0) is 16.7. The third-order valence-electron chi connectivity index (χ3n) is 3.82. The lowest BCUT2D eigenvalue weighted by Crippen LogP contribution is -2.35. The zero-order valence-corrected chi connectivity index (χ0v) is 13.7. The van der Waals surface area contributed by atoms with E-state index in [0.717, 1.165) is 25.3 Å². The number of aromatic nitrogens is 1. The monoisotopic (exact) mass is 313 g/mol. The molecule has 2 aromatic rings. The molecule has 1 aromatic heterocycles. The highest BCUT2D eigenvalue weighted by molar-refractivity contribution is 5.93. The van der Waals surface area contributed by atoms with Gasteiger partial charge in [-0.3, -0.25) is 14.2 Å². The Labute approximate surface area is 136 Å². The normalized spacial score (nSPS) is 10.7. The minimum Gasteiger partial charge on any atom is -0.351 e. The van der Waals surface area contributed by atoms with Gasteiger partial charge in [-0.1, -0.05) is 32.0 Å². The summed E-state index contributed by atoms with van der Waals surface area (Å²) in [6.45, 7) is 7.53. The quantitative estimate of drug-likeness (QED) is 0.849. The first-order valence-corrected chi connectivity index (χ1v) is 7.94. The number of carbonyl (C=O) groups is 1. The van der Waals surface area contributed by atoms with Crippen LogP contribution in [0.3, 0.4) is 0 Å². The van der Waals surface area contributed by atoms with Crippen LogP contribution < -0.4 is 10.9 Å². The van der Waals surface area contributed by atoms with E-state index in [2.05, 4.69) is 24.1 Å². The van der Waals surface area contributed by atoms with Crippen molar-refractivity contribution in [3.63, 3.8) is 0 Å². The number of rotatable bonds is 7. The molecule has 5 nitrogen and oxygen atoms in total. The van der Waals surface area contributed by atoms with Gasteiger partial charge in [0.1, 0.15) is 0 Å². The maximum absolute atomic E-state index is 12.3. The summed E-state index contributed by atoms with van der Waals surface area (Å²) in [7, 11) is 0. The van der Waals surface area contributed by atoms with Gasteiger partial charge in [0, 0.05) is 31.0 Å². The number of nitrogens with one attached hydrogen (secondary N) is 1. The van der Waals surface area contributed by atoms with Gasteiger partial charge in [-0.25, -0.2) is 0 Å². The van der Waals surface area contributed by atoms with E-state index < -0.39 is 0 Å². The van der Waals surface area contributed by atoms with Crippen molar-refractivity contribution in [3.8, 4) is 5.69 Å². The molecule has 122 valence electrons. The third kappa shape index (κ3) is 4.53. The predicted molar refractivity (Wildman–Crippen MR) is 92.2 cm³/mol. The lowest BCUT2D eigenvalue weighted by Gasteiger charge is -2.18. The lowest BCUT2D eigenvalue weighted by atomic mass is 10.2. The Hall–Kier alpha value is -2.40. The number of pyridine rings is 1. The lowest BCUT2D eigenvalue weighted by molar-refractivity contribution is 0.0948. The van der Waals surface area contributed by atoms with Crippen LogP contribution in [0.1, 0.15) is 24.2 Å². The molecule has 0 radical (unpaired) electrons. The average Bonchev–Trinajstić information content (AvgIpc) is 2.59. The molecule has 0 aliphatic carbocycles. The van der Waals surface area contributed by atoms with Gasteiger partial charge in [0.2, 0.25) is 0 Å². The highest BCUT2D eigenvalue weighted by atomic mass is 16.2. The first kappa shape index (κ1) is 17.0. The summed E-state index contributed by atoms with van der Waals surface area (Å²) in [5.74, 6) is -0.165. The van der Waals surface area contributed by atoms with Crippen molar-refractivity contribution in [1.29, 1.82) is 0 Å². The molecule has 0 aliphatic rings. The molecule has 0 unspecified atom stereocenters. The summed E-state index contributed by atoms with van der Waals surface area (Å²) in [5, 5.41) is 2.90. The van der Waals surface area contributed by atoms with Crippen molar-refractivity contribution in [2.75, 3.05) is 26.2 Å². The van der Waals surface area contributed by atoms with E-state index in [1.165, 1.54) is 10.6 Å². The van der Waals surface area contributed by atoms with Crippen LogP contribution in [-0.2, 0) is 0 Å². The summed E-state index contributed by atoms with van der Waals surface area (Å²) >= 11 is 0. The van der Waals surface area contributed by atoms with E-state index in [9.17, 15) is 9.59 Å². The Kier molecular flexibility index (Phi) is 6.11. The first-order chi connectivity index (χ1) is 11.2. The fourth-order valence-electron chi connectivity index (χ4n) is 2.38. The summed E-state index contributed by atoms with van der Waals surface area (Å²) < 4.78 is 1.49. The Bertz CT molecular complexity index is 691. The molecule has 0 atom stereocenters. The van der Waals surface area contributed by atoms with E-state index in [-0.39, 0.29) is 11.5 Å². The Morgan fingerprint density at radius 2 is 1.78 bits per heavy atom. The molecule has 1 N–H and O–H groups in total. The molecule has 0 spiro atoms. The van der Waals surface area contributed by atoms with E-state index in [4.69, 9.17) is 0 Å². The van der Waals surface area contributed by atoms with Gasteiger partial charge in [-0.15, -0.1) is 0 Å². The maximum atomic E-state index is 12.3. The van der Waals surface area contributed by atoms with Crippen molar-refractivity contribution >= 4 is 5.91 Å². The van der Waals surface area contributed by atoms with Crippen LogP contribution in [-0.4, -0.2) is 41.6 Å². The van der Waals surface area contributed by atoms with Crippen molar-refractivity contribution in [2.45, 2.75) is 13.8 Å². The zero-order valence-electron chi connectivity index (χ0n) is 13.7. The van der Waals surface area contributed by atoms with Crippen LogP contribution in [0.5, 0.6) is 0 Å². The number of amides is 1. The number of hydrogen-bond donors (Lipinski definition) is 1. The number of para-hydroxylation sites is 1. The molecule has 5 heteroatoms. The van der Waals surface area contributed by atoms with E-state index in [1.54, 1.807) is 12.3 Å². The fraction of sp³-hybridized carbons (Fsp3) is 0.333. The minimum absolute atomic E-state index is 0.157. The molecule has 0 aliphatic heterocycles. The largest absolute Gasteiger partial charge is 0.351 e. The molecule has 0 fully saturated rings. The van der Waals surface area contributed by atoms with Gasteiger partial charge in [-0.05, 0) is 31.3 Å². The first-order valence-electron chi connectivity index (χ1n) is 7.94. The molecular weight excluding hydrogens is 290 g/mol. The van der Waals surface area contributed by atoms with Gasteiger partial charge in [0.05, 0.1) is 5.56 Å². The smallest absolute Gasteiger partial charge is 0.255 e. The second kappa shape index (κ2) is 8.29. The Morgan fingerprint density at radius 1 is 1.09 bits per heavy atom. The van der Waals surface area contributed by atoms with Crippen molar-refractivity contribution in [3.05, 3.63) is 64.6 Å². The third-order valence-corrected chi connectivity index (χ3v) is 3.82. The molecule has 0 bridgehead atoms. The Morgan fingerprint density at radius 3 is 2.43 bits per heavy atom. The van der Waals surface area contributed by atoms with E-state index in [0.29, 0.717) is 12.1 Å². The van der Waals surface area contributed by atoms with Crippen molar-refractivity contribution in [1.82, 2.24) is 14.8 Å². The van der Waals surface area contributed by atoms with Gasteiger partial charge in [-0.2, -0.15) is 0 Å². The number of carbonyl (C=O) groups excluding carboxylic acids is 1. The molecule has 0 saturated heterocycles. The van der Waals surface area contributed by atoms with Gasteiger partial charge < -0.3 is 10.2 Å². The second-order valence-electron chi connectivity index (χ2n) is 5.24. The predicted octanol–water partition coefficient (Wildman–Crippen LogP) is 1.91. The van der Waals surface area contributed by atoms with Crippen LogP contribution in [0.25, 0.3) is 5.69 Å². The van der Waals surface area contributed by atoms with Gasteiger partial charge in [0.15, 0.2) is 0 Å². The van der Waals surface area contributed by atoms with Gasteiger partial charge in [0.25, 0.3) is 11.5 Å².